The standard InChI is InChI=1S/C13H16BrNO3S/c1-13(2)6-3-7-15(10(13)12(17)18)11(16)8-4-5-9(14)19-8/h4-5,10H,3,6-7H2,1-2H3,(H,17,18). The van der Waals surface area contributed by atoms with Gasteiger partial charge in [-0.3, -0.25) is 4.79 Å². The van der Waals surface area contributed by atoms with E-state index in [-0.39, 0.29) is 5.91 Å². The quantitative estimate of drug-likeness (QED) is 0.895. The van der Waals surface area contributed by atoms with E-state index in [1.807, 2.05) is 19.9 Å². The number of likely N-dealkylation sites (tertiary alicyclic amines) is 1. The molecule has 1 atom stereocenters. The molecule has 4 nitrogen and oxygen atoms in total. The number of rotatable bonds is 2. The Morgan fingerprint density at radius 2 is 2.16 bits per heavy atom. The second kappa shape index (κ2) is 5.25. The first kappa shape index (κ1) is 14.5. The topological polar surface area (TPSA) is 57.6 Å². The highest BCUT2D eigenvalue weighted by Crippen LogP contribution is 2.36. The average molecular weight is 346 g/mol. The lowest BCUT2D eigenvalue weighted by Gasteiger charge is -2.43. The van der Waals surface area contributed by atoms with E-state index in [1.165, 1.54) is 16.2 Å². The van der Waals surface area contributed by atoms with Gasteiger partial charge in [0.05, 0.1) is 8.66 Å². The Morgan fingerprint density at radius 1 is 1.47 bits per heavy atom. The fraction of sp³-hybridized carbons (Fsp3) is 0.538. The summed E-state index contributed by atoms with van der Waals surface area (Å²) in [7, 11) is 0. The first-order chi connectivity index (χ1) is 8.83. The number of hydrogen-bond acceptors (Lipinski definition) is 3. The number of piperidine rings is 1. The largest absolute Gasteiger partial charge is 0.480 e. The number of thiophene rings is 1. The highest BCUT2D eigenvalue weighted by atomic mass is 79.9. The van der Waals surface area contributed by atoms with Gasteiger partial charge in [-0.25, -0.2) is 4.79 Å². The van der Waals surface area contributed by atoms with Crippen LogP contribution in [0.15, 0.2) is 15.9 Å². The number of carboxylic acids is 1. The second-order valence-corrected chi connectivity index (χ2v) is 7.90. The van der Waals surface area contributed by atoms with E-state index in [0.29, 0.717) is 11.4 Å². The summed E-state index contributed by atoms with van der Waals surface area (Å²) in [4.78, 5) is 26.1. The Hall–Kier alpha value is -0.880. The van der Waals surface area contributed by atoms with Crippen molar-refractivity contribution in [1.82, 2.24) is 4.90 Å². The lowest BCUT2D eigenvalue weighted by molar-refractivity contribution is -0.148. The van der Waals surface area contributed by atoms with E-state index in [1.54, 1.807) is 6.07 Å². The summed E-state index contributed by atoms with van der Waals surface area (Å²) < 4.78 is 0.874. The van der Waals surface area contributed by atoms with Crippen LogP contribution in [0.1, 0.15) is 36.4 Å². The zero-order valence-corrected chi connectivity index (χ0v) is 13.3. The highest BCUT2D eigenvalue weighted by molar-refractivity contribution is 9.11. The summed E-state index contributed by atoms with van der Waals surface area (Å²) in [5, 5.41) is 9.45. The van der Waals surface area contributed by atoms with Crippen molar-refractivity contribution in [3.05, 3.63) is 20.8 Å². The number of carboxylic acid groups (broad SMARTS) is 1. The minimum atomic E-state index is -0.923. The summed E-state index contributed by atoms with van der Waals surface area (Å²) in [6.07, 6.45) is 1.66. The van der Waals surface area contributed by atoms with Gasteiger partial charge in [0.25, 0.3) is 5.91 Å². The molecule has 1 aromatic rings. The van der Waals surface area contributed by atoms with Crippen LogP contribution < -0.4 is 0 Å². The molecule has 0 radical (unpaired) electrons. The molecular formula is C13H16BrNO3S. The molecule has 104 valence electrons. The van der Waals surface area contributed by atoms with Gasteiger partial charge < -0.3 is 10.0 Å². The van der Waals surface area contributed by atoms with Gasteiger partial charge in [-0.1, -0.05) is 13.8 Å². The number of carbonyl (C=O) groups excluding carboxylic acids is 1. The number of nitrogens with zero attached hydrogens (tertiary/aromatic N) is 1. The van der Waals surface area contributed by atoms with Crippen molar-refractivity contribution in [3.8, 4) is 0 Å². The van der Waals surface area contributed by atoms with Crippen molar-refractivity contribution in [1.29, 1.82) is 0 Å². The fourth-order valence-electron chi connectivity index (χ4n) is 2.65. The highest BCUT2D eigenvalue weighted by Gasteiger charge is 2.44. The maximum Gasteiger partial charge on any atom is 0.326 e. The molecule has 1 unspecified atom stereocenters. The van der Waals surface area contributed by atoms with Crippen LogP contribution >= 0.6 is 27.3 Å². The van der Waals surface area contributed by atoms with E-state index in [4.69, 9.17) is 0 Å². The Labute approximate surface area is 124 Å². The van der Waals surface area contributed by atoms with Gasteiger partial charge in [0, 0.05) is 6.54 Å². The minimum absolute atomic E-state index is 0.184. The number of halogens is 1. The Kier molecular flexibility index (Phi) is 4.01. The lowest BCUT2D eigenvalue weighted by atomic mass is 9.76. The summed E-state index contributed by atoms with van der Waals surface area (Å²) in [6.45, 7) is 4.33. The zero-order chi connectivity index (χ0) is 14.2. The third kappa shape index (κ3) is 2.84. The van der Waals surface area contributed by atoms with Crippen molar-refractivity contribution in [2.24, 2.45) is 5.41 Å². The van der Waals surface area contributed by atoms with Crippen molar-refractivity contribution >= 4 is 39.1 Å². The van der Waals surface area contributed by atoms with Crippen molar-refractivity contribution < 1.29 is 14.7 Å². The number of amides is 1. The third-order valence-electron chi connectivity index (χ3n) is 3.55. The van der Waals surface area contributed by atoms with E-state index in [2.05, 4.69) is 15.9 Å². The molecule has 1 N–H and O–H groups in total. The second-order valence-electron chi connectivity index (χ2n) is 5.44. The molecule has 1 fully saturated rings. The zero-order valence-electron chi connectivity index (χ0n) is 10.9. The van der Waals surface area contributed by atoms with Crippen LogP contribution in [-0.2, 0) is 4.79 Å². The summed E-state index contributed by atoms with van der Waals surface area (Å²) in [5.74, 6) is -1.11. The molecule has 1 amide bonds. The van der Waals surface area contributed by atoms with E-state index in [0.717, 1.165) is 16.6 Å². The van der Waals surface area contributed by atoms with Gasteiger partial charge in [-0.15, -0.1) is 11.3 Å². The average Bonchev–Trinajstić information content (AvgIpc) is 2.72. The lowest BCUT2D eigenvalue weighted by Crippen LogP contribution is -2.56. The SMILES string of the molecule is CC1(C)CCCN(C(=O)c2ccc(Br)s2)C1C(=O)O. The maximum absolute atomic E-state index is 12.5. The predicted molar refractivity (Wildman–Crippen MR) is 77.5 cm³/mol. The molecule has 2 rings (SSSR count). The molecule has 19 heavy (non-hydrogen) atoms. The molecular weight excluding hydrogens is 330 g/mol. The first-order valence-corrected chi connectivity index (χ1v) is 7.73. The van der Waals surface area contributed by atoms with E-state index < -0.39 is 17.4 Å². The van der Waals surface area contributed by atoms with Crippen LogP contribution in [0, 0.1) is 5.41 Å². The van der Waals surface area contributed by atoms with Crippen LogP contribution in [0.5, 0.6) is 0 Å². The summed E-state index contributed by atoms with van der Waals surface area (Å²) >= 11 is 4.66. The maximum atomic E-state index is 12.5. The molecule has 0 aromatic carbocycles. The molecule has 1 saturated heterocycles. The molecule has 0 saturated carbocycles. The molecule has 0 bridgehead atoms. The van der Waals surface area contributed by atoms with Crippen LogP contribution in [-0.4, -0.2) is 34.5 Å². The summed E-state index contributed by atoms with van der Waals surface area (Å²) in [6, 6.07) is 2.79. The van der Waals surface area contributed by atoms with Crippen LogP contribution in [0.25, 0.3) is 0 Å². The third-order valence-corrected chi connectivity index (χ3v) is 5.16. The predicted octanol–water partition coefficient (Wildman–Crippen LogP) is 3.23. The first-order valence-electron chi connectivity index (χ1n) is 6.12. The van der Waals surface area contributed by atoms with Gasteiger partial charge in [0.15, 0.2) is 0 Å². The molecule has 2 heterocycles. The normalized spacial score (nSPS) is 22.3. The smallest absolute Gasteiger partial charge is 0.326 e. The Bertz CT molecular complexity index is 512. The fourth-order valence-corrected chi connectivity index (χ4v) is 3.99. The molecule has 1 aromatic heterocycles. The molecule has 0 aliphatic carbocycles. The molecule has 6 heteroatoms. The summed E-state index contributed by atoms with van der Waals surface area (Å²) in [5.41, 5.74) is -0.395. The van der Waals surface area contributed by atoms with Gasteiger partial charge >= 0.3 is 5.97 Å². The Balaban J connectivity index is 2.31. The van der Waals surface area contributed by atoms with Crippen molar-refractivity contribution in [3.63, 3.8) is 0 Å². The van der Waals surface area contributed by atoms with Crippen LogP contribution in [0.4, 0.5) is 0 Å². The van der Waals surface area contributed by atoms with Crippen LogP contribution in [0.3, 0.4) is 0 Å². The number of hydrogen-bond donors (Lipinski definition) is 1. The Morgan fingerprint density at radius 3 is 2.68 bits per heavy atom. The minimum Gasteiger partial charge on any atom is -0.480 e. The number of carbonyl (C=O) groups is 2. The van der Waals surface area contributed by atoms with Gasteiger partial charge in [-0.2, -0.15) is 0 Å². The van der Waals surface area contributed by atoms with Gasteiger partial charge in [-0.05, 0) is 46.3 Å². The number of aliphatic carboxylic acids is 1. The molecule has 0 spiro atoms. The van der Waals surface area contributed by atoms with Gasteiger partial charge in [0.2, 0.25) is 0 Å². The molecule has 1 aliphatic heterocycles. The van der Waals surface area contributed by atoms with Gasteiger partial charge in [0.1, 0.15) is 6.04 Å². The van der Waals surface area contributed by atoms with Crippen molar-refractivity contribution in [2.75, 3.05) is 6.54 Å². The van der Waals surface area contributed by atoms with E-state index in [9.17, 15) is 14.7 Å². The van der Waals surface area contributed by atoms with Crippen molar-refractivity contribution in [2.45, 2.75) is 32.7 Å². The molecule has 1 aliphatic rings. The van der Waals surface area contributed by atoms with E-state index >= 15 is 0 Å². The monoisotopic (exact) mass is 345 g/mol. The van der Waals surface area contributed by atoms with Crippen LogP contribution in [0.2, 0.25) is 0 Å².